The molecule has 2 aromatic heterocycles. The molecule has 0 aromatic carbocycles. The van der Waals surface area contributed by atoms with Gasteiger partial charge in [0.05, 0.1) is 5.56 Å². The maximum absolute atomic E-state index is 10.9. The number of fused-ring (bicyclic) bond motifs is 1. The zero-order valence-corrected chi connectivity index (χ0v) is 10.5. The molecule has 6 heteroatoms. The molecule has 2 aromatic rings. The lowest BCUT2D eigenvalue weighted by atomic mass is 9.96. The fourth-order valence-electron chi connectivity index (χ4n) is 2.36. The molecule has 0 radical (unpaired) electrons. The van der Waals surface area contributed by atoms with Gasteiger partial charge in [0.15, 0.2) is 11.5 Å². The quantitative estimate of drug-likeness (QED) is 0.903. The maximum Gasteiger partial charge on any atom is 0.335 e. The number of aromatic carboxylic acids is 1. The number of carbonyl (C=O) groups is 1. The third-order valence-corrected chi connectivity index (χ3v) is 3.44. The van der Waals surface area contributed by atoms with Crippen molar-refractivity contribution >= 4 is 11.6 Å². The molecule has 1 aliphatic heterocycles. The summed E-state index contributed by atoms with van der Waals surface area (Å²) in [5.41, 5.74) is 0.819. The van der Waals surface area contributed by atoms with E-state index in [-0.39, 0.29) is 5.56 Å². The van der Waals surface area contributed by atoms with Crippen LogP contribution in [-0.2, 0) is 11.2 Å². The molecule has 3 heterocycles. The minimum Gasteiger partial charge on any atom is -0.478 e. The summed E-state index contributed by atoms with van der Waals surface area (Å²) in [7, 11) is 0. The Labute approximate surface area is 110 Å². The number of hydrogen-bond donors (Lipinski definition) is 1. The Bertz CT molecular complexity index is 602. The number of aromatic nitrogens is 3. The molecule has 0 aliphatic carbocycles. The lowest BCUT2D eigenvalue weighted by Gasteiger charge is -2.20. The highest BCUT2D eigenvalue weighted by Gasteiger charge is 2.17. The van der Waals surface area contributed by atoms with E-state index >= 15 is 0 Å². The molecule has 0 amide bonds. The fourth-order valence-corrected chi connectivity index (χ4v) is 2.36. The number of nitrogens with zero attached hydrogens (tertiary/aromatic N) is 3. The maximum atomic E-state index is 10.9. The van der Waals surface area contributed by atoms with Gasteiger partial charge < -0.3 is 9.84 Å². The first kappa shape index (κ1) is 12.1. The van der Waals surface area contributed by atoms with Crippen molar-refractivity contribution in [3.8, 4) is 0 Å². The summed E-state index contributed by atoms with van der Waals surface area (Å²) in [4.78, 5) is 15.3. The number of rotatable bonds is 3. The van der Waals surface area contributed by atoms with E-state index in [2.05, 4.69) is 10.1 Å². The predicted octanol–water partition coefficient (Wildman–Crippen LogP) is 1.40. The number of carboxylic acids is 1. The van der Waals surface area contributed by atoms with Gasteiger partial charge in [0.1, 0.15) is 0 Å². The van der Waals surface area contributed by atoms with Gasteiger partial charge in [-0.1, -0.05) is 0 Å². The van der Waals surface area contributed by atoms with Gasteiger partial charge in [-0.2, -0.15) is 5.10 Å². The molecule has 1 aliphatic rings. The summed E-state index contributed by atoms with van der Waals surface area (Å²) in [6.07, 6.45) is 4.54. The molecule has 19 heavy (non-hydrogen) atoms. The standard InChI is InChI=1S/C13H15N3O3/c17-13(18)10-1-4-16-12(8-10)14-11(15-16)7-9-2-5-19-6-3-9/h1,4,8-9H,2-3,5-7H2,(H,17,18). The van der Waals surface area contributed by atoms with Crippen molar-refractivity contribution in [1.29, 1.82) is 0 Å². The topological polar surface area (TPSA) is 76.7 Å². The Morgan fingerprint density at radius 3 is 3.00 bits per heavy atom. The molecular weight excluding hydrogens is 246 g/mol. The van der Waals surface area contributed by atoms with E-state index in [1.165, 1.54) is 6.07 Å². The third-order valence-electron chi connectivity index (χ3n) is 3.44. The van der Waals surface area contributed by atoms with Crippen LogP contribution in [0.1, 0.15) is 29.0 Å². The van der Waals surface area contributed by atoms with Crippen molar-refractivity contribution in [2.45, 2.75) is 19.3 Å². The van der Waals surface area contributed by atoms with Gasteiger partial charge in [0.2, 0.25) is 0 Å². The highest BCUT2D eigenvalue weighted by atomic mass is 16.5. The smallest absolute Gasteiger partial charge is 0.335 e. The second kappa shape index (κ2) is 4.97. The largest absolute Gasteiger partial charge is 0.478 e. The van der Waals surface area contributed by atoms with Crippen molar-refractivity contribution in [1.82, 2.24) is 14.6 Å². The third kappa shape index (κ3) is 2.58. The molecule has 1 N–H and O–H groups in total. The molecule has 0 bridgehead atoms. The first-order chi connectivity index (χ1) is 9.22. The highest BCUT2D eigenvalue weighted by molar-refractivity contribution is 5.88. The Balaban J connectivity index is 1.82. The van der Waals surface area contributed by atoms with Crippen molar-refractivity contribution < 1.29 is 14.6 Å². The summed E-state index contributed by atoms with van der Waals surface area (Å²) >= 11 is 0. The average Bonchev–Trinajstić information content (AvgIpc) is 2.80. The molecule has 1 saturated heterocycles. The van der Waals surface area contributed by atoms with E-state index in [0.29, 0.717) is 11.6 Å². The molecule has 0 unspecified atom stereocenters. The van der Waals surface area contributed by atoms with Gasteiger partial charge in [0.25, 0.3) is 0 Å². The number of pyridine rings is 1. The van der Waals surface area contributed by atoms with Crippen molar-refractivity contribution in [2.75, 3.05) is 13.2 Å². The second-order valence-corrected chi connectivity index (χ2v) is 4.81. The van der Waals surface area contributed by atoms with Crippen LogP contribution in [0.2, 0.25) is 0 Å². The summed E-state index contributed by atoms with van der Waals surface area (Å²) in [6, 6.07) is 3.07. The summed E-state index contributed by atoms with van der Waals surface area (Å²) < 4.78 is 6.95. The van der Waals surface area contributed by atoms with Crippen LogP contribution in [-0.4, -0.2) is 38.9 Å². The molecule has 6 nitrogen and oxygen atoms in total. The normalized spacial score (nSPS) is 16.8. The molecule has 100 valence electrons. The lowest BCUT2D eigenvalue weighted by molar-refractivity contribution is 0.0659. The van der Waals surface area contributed by atoms with Crippen LogP contribution in [0.4, 0.5) is 0 Å². The van der Waals surface area contributed by atoms with Gasteiger partial charge in [-0.05, 0) is 30.9 Å². The molecule has 0 spiro atoms. The van der Waals surface area contributed by atoms with Crippen LogP contribution in [0.3, 0.4) is 0 Å². The Kier molecular flexibility index (Phi) is 3.16. The number of carboxylic acid groups (broad SMARTS) is 1. The van der Waals surface area contributed by atoms with E-state index in [1.54, 1.807) is 16.8 Å². The van der Waals surface area contributed by atoms with Gasteiger partial charge in [-0.25, -0.2) is 14.3 Å². The van der Waals surface area contributed by atoms with E-state index in [0.717, 1.165) is 38.3 Å². The van der Waals surface area contributed by atoms with Crippen molar-refractivity contribution in [2.24, 2.45) is 5.92 Å². The summed E-state index contributed by atoms with van der Waals surface area (Å²) in [6.45, 7) is 1.61. The van der Waals surface area contributed by atoms with E-state index in [9.17, 15) is 4.79 Å². The Hall–Kier alpha value is -1.95. The molecule has 3 rings (SSSR count). The zero-order valence-electron chi connectivity index (χ0n) is 10.5. The molecular formula is C13H15N3O3. The highest BCUT2D eigenvalue weighted by Crippen LogP contribution is 2.19. The number of hydrogen-bond acceptors (Lipinski definition) is 4. The van der Waals surface area contributed by atoms with Gasteiger partial charge in [0, 0.05) is 25.8 Å². The van der Waals surface area contributed by atoms with Crippen LogP contribution >= 0.6 is 0 Å². The molecule has 0 saturated carbocycles. The minimum atomic E-state index is -0.948. The average molecular weight is 261 g/mol. The summed E-state index contributed by atoms with van der Waals surface area (Å²) in [5.74, 6) is 0.385. The molecule has 1 fully saturated rings. The van der Waals surface area contributed by atoms with Crippen molar-refractivity contribution in [3.05, 3.63) is 29.7 Å². The van der Waals surface area contributed by atoms with Gasteiger partial charge in [-0.15, -0.1) is 0 Å². The fraction of sp³-hybridized carbons (Fsp3) is 0.462. The Morgan fingerprint density at radius 2 is 2.26 bits per heavy atom. The van der Waals surface area contributed by atoms with Crippen LogP contribution < -0.4 is 0 Å². The second-order valence-electron chi connectivity index (χ2n) is 4.81. The minimum absolute atomic E-state index is 0.234. The first-order valence-electron chi connectivity index (χ1n) is 6.39. The van der Waals surface area contributed by atoms with Crippen LogP contribution in [0, 0.1) is 5.92 Å². The predicted molar refractivity (Wildman–Crippen MR) is 67.2 cm³/mol. The lowest BCUT2D eigenvalue weighted by Crippen LogP contribution is -2.18. The van der Waals surface area contributed by atoms with Gasteiger partial charge >= 0.3 is 5.97 Å². The molecule has 0 atom stereocenters. The zero-order chi connectivity index (χ0) is 13.2. The van der Waals surface area contributed by atoms with Crippen LogP contribution in [0.15, 0.2) is 18.3 Å². The van der Waals surface area contributed by atoms with E-state index < -0.39 is 5.97 Å². The summed E-state index contributed by atoms with van der Waals surface area (Å²) in [5, 5.41) is 13.3. The van der Waals surface area contributed by atoms with E-state index in [4.69, 9.17) is 9.84 Å². The Morgan fingerprint density at radius 1 is 1.47 bits per heavy atom. The van der Waals surface area contributed by atoms with Gasteiger partial charge in [-0.3, -0.25) is 0 Å². The SMILES string of the molecule is O=C(O)c1ccn2nc(CC3CCOCC3)nc2c1. The van der Waals surface area contributed by atoms with E-state index in [1.807, 2.05) is 0 Å². The first-order valence-corrected chi connectivity index (χ1v) is 6.39. The van der Waals surface area contributed by atoms with Crippen LogP contribution in [0.25, 0.3) is 5.65 Å². The number of ether oxygens (including phenoxy) is 1. The van der Waals surface area contributed by atoms with Crippen LogP contribution in [0.5, 0.6) is 0 Å². The van der Waals surface area contributed by atoms with Crippen molar-refractivity contribution in [3.63, 3.8) is 0 Å². The monoisotopic (exact) mass is 261 g/mol.